The molecule has 1 fully saturated rings. The molecule has 0 radical (unpaired) electrons. The first-order chi connectivity index (χ1) is 8.78. The van der Waals surface area contributed by atoms with Gasteiger partial charge in [-0.05, 0) is 32.9 Å². The monoisotopic (exact) mass is 250 g/mol. The number of nitrogens with zero attached hydrogens (tertiary/aromatic N) is 4. The fourth-order valence-electron chi connectivity index (χ4n) is 3.09. The van der Waals surface area contributed by atoms with E-state index in [0.717, 1.165) is 37.6 Å². The van der Waals surface area contributed by atoms with Crippen LogP contribution < -0.4 is 0 Å². The van der Waals surface area contributed by atoms with E-state index in [-0.39, 0.29) is 6.61 Å². The summed E-state index contributed by atoms with van der Waals surface area (Å²) in [7, 11) is 2.17. The third-order valence-corrected chi connectivity index (χ3v) is 4.30. The van der Waals surface area contributed by atoms with Gasteiger partial charge in [0.15, 0.2) is 5.82 Å². The van der Waals surface area contributed by atoms with Gasteiger partial charge < -0.3 is 5.11 Å². The first-order valence-corrected chi connectivity index (χ1v) is 7.02. The van der Waals surface area contributed by atoms with E-state index in [0.29, 0.717) is 12.0 Å². The lowest BCUT2D eigenvalue weighted by atomic mass is 10.0. The SMILES string of the molecule is CN1CCCCC1c1nc2n(n1)CC(CO)CC2. The molecule has 18 heavy (non-hydrogen) atoms. The fourth-order valence-corrected chi connectivity index (χ4v) is 3.09. The van der Waals surface area contributed by atoms with Crippen LogP contribution >= 0.6 is 0 Å². The highest BCUT2D eigenvalue weighted by atomic mass is 16.3. The molecule has 3 rings (SSSR count). The first-order valence-electron chi connectivity index (χ1n) is 7.02. The molecule has 2 atom stereocenters. The molecule has 0 aromatic carbocycles. The molecule has 1 N–H and O–H groups in total. The van der Waals surface area contributed by atoms with Crippen LogP contribution in [-0.4, -0.2) is 45.0 Å². The lowest BCUT2D eigenvalue weighted by molar-refractivity contribution is 0.175. The summed E-state index contributed by atoms with van der Waals surface area (Å²) in [6.07, 6.45) is 5.72. The Hall–Kier alpha value is -0.940. The maximum atomic E-state index is 9.24. The average Bonchev–Trinajstić information content (AvgIpc) is 2.81. The molecule has 1 aromatic rings. The Balaban J connectivity index is 1.80. The molecule has 0 spiro atoms. The highest BCUT2D eigenvalue weighted by Crippen LogP contribution is 2.28. The molecule has 0 aliphatic carbocycles. The molecule has 100 valence electrons. The van der Waals surface area contributed by atoms with Gasteiger partial charge in [-0.15, -0.1) is 0 Å². The number of aliphatic hydroxyl groups is 1. The standard InChI is InChI=1S/C13H22N4O/c1-16-7-3-2-4-11(16)13-14-12-6-5-10(9-18)8-17(12)15-13/h10-11,18H,2-9H2,1H3. The summed E-state index contributed by atoms with van der Waals surface area (Å²) in [5.74, 6) is 2.45. The third kappa shape index (κ3) is 2.17. The van der Waals surface area contributed by atoms with Gasteiger partial charge in [0.25, 0.3) is 0 Å². The van der Waals surface area contributed by atoms with Crippen LogP contribution in [0, 0.1) is 5.92 Å². The molecule has 2 unspecified atom stereocenters. The molecule has 5 heteroatoms. The van der Waals surface area contributed by atoms with Crippen molar-refractivity contribution in [2.75, 3.05) is 20.2 Å². The van der Waals surface area contributed by atoms with Crippen LogP contribution in [-0.2, 0) is 13.0 Å². The molecule has 3 heterocycles. The van der Waals surface area contributed by atoms with Crippen LogP contribution in [0.5, 0.6) is 0 Å². The number of hydrogen-bond donors (Lipinski definition) is 1. The highest BCUT2D eigenvalue weighted by molar-refractivity contribution is 5.02. The second-order valence-corrected chi connectivity index (χ2v) is 5.65. The second-order valence-electron chi connectivity index (χ2n) is 5.65. The van der Waals surface area contributed by atoms with Crippen molar-refractivity contribution in [3.63, 3.8) is 0 Å². The van der Waals surface area contributed by atoms with Crippen LogP contribution in [0.1, 0.15) is 43.4 Å². The van der Waals surface area contributed by atoms with E-state index in [1.807, 2.05) is 4.68 Å². The van der Waals surface area contributed by atoms with E-state index in [1.54, 1.807) is 0 Å². The van der Waals surface area contributed by atoms with Gasteiger partial charge in [0.05, 0.1) is 6.04 Å². The molecule has 1 aromatic heterocycles. The van der Waals surface area contributed by atoms with Crippen molar-refractivity contribution in [1.29, 1.82) is 0 Å². The second kappa shape index (κ2) is 4.97. The number of rotatable bonds is 2. The maximum Gasteiger partial charge on any atom is 0.168 e. The number of aryl methyl sites for hydroxylation is 1. The highest BCUT2D eigenvalue weighted by Gasteiger charge is 2.27. The van der Waals surface area contributed by atoms with Crippen LogP contribution in [0.3, 0.4) is 0 Å². The quantitative estimate of drug-likeness (QED) is 0.850. The molecular formula is C13H22N4O. The van der Waals surface area contributed by atoms with Crippen molar-refractivity contribution in [3.8, 4) is 0 Å². The Morgan fingerprint density at radius 2 is 2.22 bits per heavy atom. The van der Waals surface area contributed by atoms with E-state index >= 15 is 0 Å². The third-order valence-electron chi connectivity index (χ3n) is 4.30. The Bertz CT molecular complexity index is 417. The van der Waals surface area contributed by atoms with Gasteiger partial charge >= 0.3 is 0 Å². The number of hydrogen-bond acceptors (Lipinski definition) is 4. The summed E-state index contributed by atoms with van der Waals surface area (Å²) >= 11 is 0. The van der Waals surface area contributed by atoms with Gasteiger partial charge in [0.2, 0.25) is 0 Å². The fraction of sp³-hybridized carbons (Fsp3) is 0.846. The predicted octanol–water partition coefficient (Wildman–Crippen LogP) is 0.990. The van der Waals surface area contributed by atoms with E-state index in [4.69, 9.17) is 4.98 Å². The Kier molecular flexibility index (Phi) is 3.35. The number of aliphatic hydroxyl groups excluding tert-OH is 1. The summed E-state index contributed by atoms with van der Waals surface area (Å²) in [5, 5.41) is 13.9. The minimum atomic E-state index is 0.262. The van der Waals surface area contributed by atoms with Crippen molar-refractivity contribution in [2.45, 2.75) is 44.7 Å². The predicted molar refractivity (Wildman–Crippen MR) is 68.1 cm³/mol. The molecule has 2 aliphatic rings. The molecule has 0 amide bonds. The van der Waals surface area contributed by atoms with Gasteiger partial charge in [-0.25, -0.2) is 9.67 Å². The Morgan fingerprint density at radius 3 is 3.00 bits per heavy atom. The minimum Gasteiger partial charge on any atom is -0.396 e. The summed E-state index contributed by atoms with van der Waals surface area (Å²) in [6, 6.07) is 0.393. The summed E-state index contributed by atoms with van der Waals surface area (Å²) in [6.45, 7) is 2.24. The van der Waals surface area contributed by atoms with Crippen LogP contribution in [0.4, 0.5) is 0 Å². The van der Waals surface area contributed by atoms with Crippen LogP contribution in [0.15, 0.2) is 0 Å². The smallest absolute Gasteiger partial charge is 0.168 e. The normalized spacial score (nSPS) is 29.2. The number of likely N-dealkylation sites (tertiary alicyclic amines) is 1. The zero-order valence-corrected chi connectivity index (χ0v) is 11.0. The first kappa shape index (κ1) is 12.1. The molecule has 2 aliphatic heterocycles. The number of fused-ring (bicyclic) bond motifs is 1. The maximum absolute atomic E-state index is 9.24. The van der Waals surface area contributed by atoms with Crippen molar-refractivity contribution < 1.29 is 5.11 Å². The summed E-state index contributed by atoms with van der Waals surface area (Å²) < 4.78 is 2.02. The van der Waals surface area contributed by atoms with Crippen molar-refractivity contribution in [3.05, 3.63) is 11.6 Å². The molecule has 5 nitrogen and oxygen atoms in total. The van der Waals surface area contributed by atoms with E-state index in [2.05, 4.69) is 17.0 Å². The van der Waals surface area contributed by atoms with Gasteiger partial charge in [-0.2, -0.15) is 5.10 Å². The zero-order chi connectivity index (χ0) is 12.5. The number of aromatic nitrogens is 3. The van der Waals surface area contributed by atoms with Gasteiger partial charge in [0.1, 0.15) is 5.82 Å². The van der Waals surface area contributed by atoms with Gasteiger partial charge in [-0.1, -0.05) is 6.42 Å². The molecule has 0 bridgehead atoms. The summed E-state index contributed by atoms with van der Waals surface area (Å²) in [5.41, 5.74) is 0. The average molecular weight is 250 g/mol. The lowest BCUT2D eigenvalue weighted by Gasteiger charge is -2.30. The number of piperidine rings is 1. The van der Waals surface area contributed by atoms with Gasteiger partial charge in [0, 0.05) is 25.5 Å². The molecule has 0 saturated carbocycles. The Morgan fingerprint density at radius 1 is 1.33 bits per heavy atom. The molecular weight excluding hydrogens is 228 g/mol. The van der Waals surface area contributed by atoms with Crippen LogP contribution in [0.2, 0.25) is 0 Å². The van der Waals surface area contributed by atoms with Crippen molar-refractivity contribution in [1.82, 2.24) is 19.7 Å². The Labute approximate surface area is 108 Å². The van der Waals surface area contributed by atoms with Crippen molar-refractivity contribution in [2.24, 2.45) is 5.92 Å². The van der Waals surface area contributed by atoms with Gasteiger partial charge in [-0.3, -0.25) is 4.90 Å². The van der Waals surface area contributed by atoms with E-state index < -0.39 is 0 Å². The zero-order valence-electron chi connectivity index (χ0n) is 11.0. The van der Waals surface area contributed by atoms with Crippen LogP contribution in [0.25, 0.3) is 0 Å². The molecule has 1 saturated heterocycles. The summed E-state index contributed by atoms with van der Waals surface area (Å²) in [4.78, 5) is 7.09. The van der Waals surface area contributed by atoms with Crippen molar-refractivity contribution >= 4 is 0 Å². The lowest BCUT2D eigenvalue weighted by Crippen LogP contribution is -2.30. The van der Waals surface area contributed by atoms with E-state index in [9.17, 15) is 5.11 Å². The largest absolute Gasteiger partial charge is 0.396 e. The topological polar surface area (TPSA) is 54.2 Å². The minimum absolute atomic E-state index is 0.262. The van der Waals surface area contributed by atoms with E-state index in [1.165, 1.54) is 19.3 Å².